The van der Waals surface area contributed by atoms with Gasteiger partial charge in [0.1, 0.15) is 5.60 Å². The Morgan fingerprint density at radius 2 is 1.50 bits per heavy atom. The molecule has 22 heavy (non-hydrogen) atoms. The first-order valence-corrected chi connectivity index (χ1v) is 6.87. The number of carboxylic acids is 1. The third-order valence-corrected chi connectivity index (χ3v) is 3.95. The van der Waals surface area contributed by atoms with E-state index in [2.05, 4.69) is 0 Å². The number of ketones is 1. The molecule has 2 atom stereocenters. The zero-order valence-electron chi connectivity index (χ0n) is 11.6. The normalized spacial score (nSPS) is 24.1. The molecule has 0 amide bonds. The second kappa shape index (κ2) is 5.24. The first-order valence-electron chi connectivity index (χ1n) is 6.87. The van der Waals surface area contributed by atoms with Crippen LogP contribution < -0.4 is 0 Å². The van der Waals surface area contributed by atoms with Crippen molar-refractivity contribution in [3.05, 3.63) is 77.9 Å². The summed E-state index contributed by atoms with van der Waals surface area (Å²) in [7, 11) is 0. The third kappa shape index (κ3) is 2.05. The van der Waals surface area contributed by atoms with Gasteiger partial charge in [-0.05, 0) is 17.2 Å². The molecule has 4 heteroatoms. The van der Waals surface area contributed by atoms with Crippen LogP contribution in [-0.4, -0.2) is 22.0 Å². The van der Waals surface area contributed by atoms with E-state index in [0.29, 0.717) is 16.7 Å². The minimum atomic E-state index is -1.87. The lowest BCUT2D eigenvalue weighted by Gasteiger charge is -2.31. The van der Waals surface area contributed by atoms with Crippen molar-refractivity contribution < 1.29 is 19.8 Å². The van der Waals surface area contributed by atoms with Gasteiger partial charge in [-0.15, -0.1) is 0 Å². The van der Waals surface area contributed by atoms with E-state index in [9.17, 15) is 19.8 Å². The molecule has 2 unspecified atom stereocenters. The summed E-state index contributed by atoms with van der Waals surface area (Å²) in [6.45, 7) is 0. The van der Waals surface area contributed by atoms with Crippen LogP contribution in [0.5, 0.6) is 0 Å². The Labute approximate surface area is 127 Å². The van der Waals surface area contributed by atoms with E-state index in [0.717, 1.165) is 0 Å². The standard InChI is InChI=1S/C18H14O4/c19-15-11-14(12-7-3-1-4-8-12)18(22,16(15)17(20)21)13-9-5-2-6-10-13/h1-11,16,22H,(H,20,21). The number of hydrogen-bond acceptors (Lipinski definition) is 3. The molecule has 0 fully saturated rings. The zero-order valence-corrected chi connectivity index (χ0v) is 11.6. The van der Waals surface area contributed by atoms with Crippen molar-refractivity contribution in [2.75, 3.05) is 0 Å². The number of aliphatic carboxylic acids is 1. The van der Waals surface area contributed by atoms with Gasteiger partial charge in [0.15, 0.2) is 11.7 Å². The molecule has 4 nitrogen and oxygen atoms in total. The van der Waals surface area contributed by atoms with Crippen molar-refractivity contribution in [2.24, 2.45) is 5.92 Å². The fraction of sp³-hybridized carbons (Fsp3) is 0.111. The molecule has 1 aliphatic rings. The van der Waals surface area contributed by atoms with Gasteiger partial charge in [0.25, 0.3) is 0 Å². The molecule has 110 valence electrons. The summed E-state index contributed by atoms with van der Waals surface area (Å²) in [6.07, 6.45) is 1.24. The largest absolute Gasteiger partial charge is 0.481 e. The molecule has 0 bridgehead atoms. The number of carbonyl (C=O) groups excluding carboxylic acids is 1. The highest BCUT2D eigenvalue weighted by atomic mass is 16.4. The van der Waals surface area contributed by atoms with Gasteiger partial charge >= 0.3 is 5.97 Å². The average molecular weight is 294 g/mol. The fourth-order valence-corrected chi connectivity index (χ4v) is 2.93. The quantitative estimate of drug-likeness (QED) is 0.851. The Morgan fingerprint density at radius 1 is 0.955 bits per heavy atom. The molecule has 2 aromatic rings. The molecular formula is C18H14O4. The maximum absolute atomic E-state index is 12.2. The summed E-state index contributed by atoms with van der Waals surface area (Å²) in [5.74, 6) is -3.47. The molecule has 0 heterocycles. The van der Waals surface area contributed by atoms with Crippen LogP contribution in [0.25, 0.3) is 5.57 Å². The number of hydrogen-bond donors (Lipinski definition) is 2. The highest BCUT2D eigenvalue weighted by molar-refractivity contribution is 6.15. The van der Waals surface area contributed by atoms with E-state index in [1.807, 2.05) is 6.07 Å². The predicted molar refractivity (Wildman–Crippen MR) is 80.9 cm³/mol. The van der Waals surface area contributed by atoms with Crippen molar-refractivity contribution in [3.63, 3.8) is 0 Å². The molecule has 0 spiro atoms. The summed E-state index contributed by atoms with van der Waals surface area (Å²) in [6, 6.07) is 17.3. The minimum absolute atomic E-state index is 0.316. The predicted octanol–water partition coefficient (Wildman–Crippen LogP) is 2.24. The number of aliphatic hydroxyl groups is 1. The summed E-state index contributed by atoms with van der Waals surface area (Å²) >= 11 is 0. The molecular weight excluding hydrogens is 280 g/mol. The second-order valence-electron chi connectivity index (χ2n) is 5.23. The Morgan fingerprint density at radius 3 is 2.05 bits per heavy atom. The Balaban J connectivity index is 2.22. The molecule has 2 aromatic carbocycles. The zero-order chi connectivity index (χ0) is 15.7. The van der Waals surface area contributed by atoms with E-state index in [1.54, 1.807) is 54.6 Å². The summed E-state index contributed by atoms with van der Waals surface area (Å²) in [5.41, 5.74) is -0.531. The molecule has 0 saturated heterocycles. The van der Waals surface area contributed by atoms with Gasteiger partial charge in [0, 0.05) is 5.57 Å². The van der Waals surface area contributed by atoms with Gasteiger partial charge in [-0.2, -0.15) is 0 Å². The lowest BCUT2D eigenvalue weighted by Crippen LogP contribution is -2.40. The van der Waals surface area contributed by atoms with Crippen LogP contribution in [0, 0.1) is 5.92 Å². The summed E-state index contributed by atoms with van der Waals surface area (Å²) in [5, 5.41) is 20.6. The van der Waals surface area contributed by atoms with Gasteiger partial charge in [0.2, 0.25) is 0 Å². The van der Waals surface area contributed by atoms with Crippen LogP contribution in [0.4, 0.5) is 0 Å². The topological polar surface area (TPSA) is 74.6 Å². The number of allylic oxidation sites excluding steroid dienone is 1. The minimum Gasteiger partial charge on any atom is -0.481 e. The lowest BCUT2D eigenvalue weighted by molar-refractivity contribution is -0.152. The van der Waals surface area contributed by atoms with Crippen LogP contribution in [0.1, 0.15) is 11.1 Å². The number of carboxylic acid groups (broad SMARTS) is 1. The van der Waals surface area contributed by atoms with E-state index >= 15 is 0 Å². The van der Waals surface area contributed by atoms with Crippen LogP contribution in [-0.2, 0) is 15.2 Å². The first-order chi connectivity index (χ1) is 10.5. The maximum atomic E-state index is 12.2. The van der Waals surface area contributed by atoms with Crippen LogP contribution in [0.15, 0.2) is 66.7 Å². The Bertz CT molecular complexity index is 749. The molecule has 3 rings (SSSR count). The van der Waals surface area contributed by atoms with E-state index in [-0.39, 0.29) is 0 Å². The lowest BCUT2D eigenvalue weighted by atomic mass is 9.77. The molecule has 0 aliphatic heterocycles. The molecule has 2 N–H and O–H groups in total. The molecule has 0 radical (unpaired) electrons. The van der Waals surface area contributed by atoms with E-state index in [1.165, 1.54) is 6.08 Å². The smallest absolute Gasteiger partial charge is 0.318 e. The highest BCUT2D eigenvalue weighted by Crippen LogP contribution is 2.47. The van der Waals surface area contributed by atoms with Crippen LogP contribution in [0.3, 0.4) is 0 Å². The SMILES string of the molecule is O=C(O)C1C(=O)C=C(c2ccccc2)C1(O)c1ccccc1. The number of benzene rings is 2. The van der Waals surface area contributed by atoms with E-state index < -0.39 is 23.3 Å². The average Bonchev–Trinajstić information content (AvgIpc) is 2.81. The maximum Gasteiger partial charge on any atom is 0.318 e. The highest BCUT2D eigenvalue weighted by Gasteiger charge is 2.54. The van der Waals surface area contributed by atoms with Gasteiger partial charge in [-0.3, -0.25) is 9.59 Å². The summed E-state index contributed by atoms with van der Waals surface area (Å²) < 4.78 is 0. The van der Waals surface area contributed by atoms with Gasteiger partial charge in [-0.25, -0.2) is 0 Å². The van der Waals surface area contributed by atoms with Gasteiger partial charge in [-0.1, -0.05) is 60.7 Å². The Kier molecular flexibility index (Phi) is 3.39. The second-order valence-corrected chi connectivity index (χ2v) is 5.23. The van der Waals surface area contributed by atoms with Gasteiger partial charge in [0.05, 0.1) is 0 Å². The Hall–Kier alpha value is -2.72. The first kappa shape index (κ1) is 14.2. The monoisotopic (exact) mass is 294 g/mol. The summed E-state index contributed by atoms with van der Waals surface area (Å²) in [4.78, 5) is 23.7. The van der Waals surface area contributed by atoms with E-state index in [4.69, 9.17) is 0 Å². The third-order valence-electron chi connectivity index (χ3n) is 3.95. The van der Waals surface area contributed by atoms with Crippen molar-refractivity contribution in [2.45, 2.75) is 5.60 Å². The van der Waals surface area contributed by atoms with Crippen LogP contribution in [0.2, 0.25) is 0 Å². The molecule has 1 aliphatic carbocycles. The fourth-order valence-electron chi connectivity index (χ4n) is 2.93. The number of carbonyl (C=O) groups is 2. The van der Waals surface area contributed by atoms with Crippen molar-refractivity contribution in [1.82, 2.24) is 0 Å². The van der Waals surface area contributed by atoms with Crippen molar-refractivity contribution >= 4 is 17.3 Å². The van der Waals surface area contributed by atoms with Crippen molar-refractivity contribution in [3.8, 4) is 0 Å². The van der Waals surface area contributed by atoms with Crippen LogP contribution >= 0.6 is 0 Å². The molecule has 0 saturated carbocycles. The number of rotatable bonds is 3. The molecule has 0 aromatic heterocycles. The van der Waals surface area contributed by atoms with Gasteiger partial charge < -0.3 is 10.2 Å². The van der Waals surface area contributed by atoms with Crippen molar-refractivity contribution in [1.29, 1.82) is 0 Å².